The summed E-state index contributed by atoms with van der Waals surface area (Å²) < 4.78 is 7.04. The summed E-state index contributed by atoms with van der Waals surface area (Å²) in [5.41, 5.74) is 1.09. The lowest BCUT2D eigenvalue weighted by atomic mass is 9.95. The zero-order valence-electron chi connectivity index (χ0n) is 17.0. The Balaban J connectivity index is 1.88. The first-order valence-corrected chi connectivity index (χ1v) is 11.4. The van der Waals surface area contributed by atoms with Crippen LogP contribution < -0.4 is 9.64 Å². The quantitative estimate of drug-likeness (QED) is 0.250. The van der Waals surface area contributed by atoms with E-state index in [9.17, 15) is 14.7 Å². The molecule has 1 amide bonds. The molecule has 0 bridgehead atoms. The summed E-state index contributed by atoms with van der Waals surface area (Å²) in [5, 5.41) is 11.1. The second-order valence-corrected chi connectivity index (χ2v) is 8.84. The molecule has 0 saturated carbocycles. The van der Waals surface area contributed by atoms with Gasteiger partial charge in [0.15, 0.2) is 0 Å². The predicted octanol–water partition coefficient (Wildman–Crippen LogP) is 5.63. The highest BCUT2D eigenvalue weighted by atomic mass is 79.9. The van der Waals surface area contributed by atoms with E-state index in [-0.39, 0.29) is 11.3 Å². The summed E-state index contributed by atoms with van der Waals surface area (Å²) in [6, 6.07) is 16.5. The van der Waals surface area contributed by atoms with Crippen molar-refractivity contribution in [2.75, 3.05) is 11.5 Å². The van der Waals surface area contributed by atoms with Crippen molar-refractivity contribution in [3.63, 3.8) is 0 Å². The Morgan fingerprint density at radius 2 is 1.66 bits per heavy atom. The number of hydrogen-bond acceptors (Lipinski definition) is 5. The number of aromatic nitrogens is 1. The van der Waals surface area contributed by atoms with Gasteiger partial charge in [0.1, 0.15) is 17.3 Å². The van der Waals surface area contributed by atoms with Crippen LogP contribution in [0.5, 0.6) is 5.75 Å². The molecule has 1 atom stereocenters. The number of Topliss-reactive ketones (excluding diaryl/α,β-unsaturated/α-hetero) is 1. The van der Waals surface area contributed by atoms with Crippen molar-refractivity contribution in [2.24, 2.45) is 0 Å². The number of ether oxygens (including phenoxy) is 1. The number of ketones is 1. The number of hydrogen-bond donors (Lipinski definition) is 1. The van der Waals surface area contributed by atoms with E-state index in [1.807, 2.05) is 19.1 Å². The highest BCUT2D eigenvalue weighted by Gasteiger charge is 2.47. The standard InChI is InChI=1S/C24H18Br2N2O4/c1-2-32-18-10-5-15(6-11-18)22(29)20-21(14-3-7-16(25)8-4-14)28(24(31)23(20)30)19-12-9-17(26)13-27-19/h3-13,21,29H,2H2,1H3/b22-20-. The molecule has 2 heterocycles. The van der Waals surface area contributed by atoms with Gasteiger partial charge in [-0.1, -0.05) is 28.1 Å². The van der Waals surface area contributed by atoms with Gasteiger partial charge in [-0.05, 0) is 76.9 Å². The molecule has 1 aromatic heterocycles. The van der Waals surface area contributed by atoms with Crippen molar-refractivity contribution in [1.82, 2.24) is 4.98 Å². The van der Waals surface area contributed by atoms with E-state index in [0.717, 1.165) is 8.95 Å². The molecule has 1 fully saturated rings. The summed E-state index contributed by atoms with van der Waals surface area (Å²) in [6.07, 6.45) is 1.56. The van der Waals surface area contributed by atoms with E-state index in [1.54, 1.807) is 54.7 Å². The summed E-state index contributed by atoms with van der Waals surface area (Å²) in [6.45, 7) is 2.39. The Morgan fingerprint density at radius 1 is 1.00 bits per heavy atom. The van der Waals surface area contributed by atoms with E-state index in [0.29, 0.717) is 29.3 Å². The molecular formula is C24H18Br2N2O4. The average molecular weight is 558 g/mol. The van der Waals surface area contributed by atoms with E-state index < -0.39 is 17.7 Å². The van der Waals surface area contributed by atoms with Crippen molar-refractivity contribution in [2.45, 2.75) is 13.0 Å². The topological polar surface area (TPSA) is 79.7 Å². The monoisotopic (exact) mass is 556 g/mol. The molecular weight excluding hydrogens is 540 g/mol. The normalized spacial score (nSPS) is 17.6. The number of anilines is 1. The minimum atomic E-state index is -0.830. The van der Waals surface area contributed by atoms with Crippen LogP contribution in [0.25, 0.3) is 5.76 Å². The zero-order valence-corrected chi connectivity index (χ0v) is 20.1. The number of aliphatic hydroxyl groups is 1. The Hall–Kier alpha value is -2.97. The molecule has 1 aliphatic heterocycles. The summed E-state index contributed by atoms with van der Waals surface area (Å²) >= 11 is 6.74. The number of amides is 1. The maximum absolute atomic E-state index is 13.1. The molecule has 0 radical (unpaired) electrons. The Kier molecular flexibility index (Phi) is 6.43. The largest absolute Gasteiger partial charge is 0.507 e. The third-order valence-corrected chi connectivity index (χ3v) is 6.03. The van der Waals surface area contributed by atoms with Crippen LogP contribution >= 0.6 is 31.9 Å². The molecule has 0 aliphatic carbocycles. The van der Waals surface area contributed by atoms with E-state index in [2.05, 4.69) is 36.8 Å². The van der Waals surface area contributed by atoms with Gasteiger partial charge in [-0.3, -0.25) is 14.5 Å². The molecule has 162 valence electrons. The fourth-order valence-corrected chi connectivity index (χ4v) is 4.07. The highest BCUT2D eigenvalue weighted by Crippen LogP contribution is 2.42. The van der Waals surface area contributed by atoms with Crippen LogP contribution in [0, 0.1) is 0 Å². The summed E-state index contributed by atoms with van der Waals surface area (Å²) in [5.74, 6) is -0.810. The van der Waals surface area contributed by atoms with Crippen LogP contribution in [0.2, 0.25) is 0 Å². The molecule has 8 heteroatoms. The zero-order chi connectivity index (χ0) is 22.8. The average Bonchev–Trinajstić information content (AvgIpc) is 3.06. The first-order valence-electron chi connectivity index (χ1n) is 9.82. The van der Waals surface area contributed by atoms with E-state index in [1.165, 1.54) is 4.90 Å². The fraction of sp³-hybridized carbons (Fsp3) is 0.125. The molecule has 1 N–H and O–H groups in total. The van der Waals surface area contributed by atoms with Gasteiger partial charge in [-0.2, -0.15) is 0 Å². The lowest BCUT2D eigenvalue weighted by molar-refractivity contribution is -0.132. The third kappa shape index (κ3) is 4.20. The number of benzene rings is 2. The number of rotatable bonds is 5. The molecule has 3 aromatic rings. The SMILES string of the molecule is CCOc1ccc(/C(O)=C2/C(=O)C(=O)N(c3ccc(Br)cn3)C2c2ccc(Br)cc2)cc1. The Labute approximate surface area is 201 Å². The minimum absolute atomic E-state index is 0.00574. The molecule has 0 spiro atoms. The van der Waals surface area contributed by atoms with Crippen LogP contribution in [0.15, 0.2) is 81.4 Å². The molecule has 2 aromatic carbocycles. The summed E-state index contributed by atoms with van der Waals surface area (Å²) in [4.78, 5) is 31.8. The molecule has 4 rings (SSSR count). The van der Waals surface area contributed by atoms with Gasteiger partial charge in [-0.25, -0.2) is 4.98 Å². The predicted molar refractivity (Wildman–Crippen MR) is 128 cm³/mol. The van der Waals surface area contributed by atoms with E-state index >= 15 is 0 Å². The number of halogens is 2. The Morgan fingerprint density at radius 3 is 2.25 bits per heavy atom. The lowest BCUT2D eigenvalue weighted by Crippen LogP contribution is -2.30. The maximum Gasteiger partial charge on any atom is 0.301 e. The molecule has 1 unspecified atom stereocenters. The number of aliphatic hydroxyl groups excluding tert-OH is 1. The molecule has 1 saturated heterocycles. The lowest BCUT2D eigenvalue weighted by Gasteiger charge is -2.24. The molecule has 1 aliphatic rings. The van der Waals surface area contributed by atoms with Crippen LogP contribution in [0.3, 0.4) is 0 Å². The van der Waals surface area contributed by atoms with Crippen LogP contribution in [-0.4, -0.2) is 28.4 Å². The second-order valence-electron chi connectivity index (χ2n) is 7.01. The van der Waals surface area contributed by atoms with Crippen molar-refractivity contribution in [3.05, 3.63) is 92.5 Å². The van der Waals surface area contributed by atoms with Crippen LogP contribution in [-0.2, 0) is 9.59 Å². The number of nitrogens with zero attached hydrogens (tertiary/aromatic N) is 2. The fourth-order valence-electron chi connectivity index (χ4n) is 3.57. The number of carbonyl (C=O) groups excluding carboxylic acids is 2. The Bertz CT molecular complexity index is 1190. The minimum Gasteiger partial charge on any atom is -0.507 e. The maximum atomic E-state index is 13.1. The van der Waals surface area contributed by atoms with Crippen molar-refractivity contribution in [1.29, 1.82) is 0 Å². The van der Waals surface area contributed by atoms with Crippen molar-refractivity contribution >= 4 is 55.1 Å². The highest BCUT2D eigenvalue weighted by molar-refractivity contribution is 9.10. The van der Waals surface area contributed by atoms with Gasteiger partial charge in [0.05, 0.1) is 18.2 Å². The smallest absolute Gasteiger partial charge is 0.301 e. The summed E-state index contributed by atoms with van der Waals surface area (Å²) in [7, 11) is 0. The van der Waals surface area contributed by atoms with Gasteiger partial charge < -0.3 is 9.84 Å². The van der Waals surface area contributed by atoms with Gasteiger partial charge in [-0.15, -0.1) is 0 Å². The van der Waals surface area contributed by atoms with Gasteiger partial charge in [0.2, 0.25) is 0 Å². The van der Waals surface area contributed by atoms with Crippen LogP contribution in [0.1, 0.15) is 24.1 Å². The molecule has 32 heavy (non-hydrogen) atoms. The first kappa shape index (κ1) is 22.2. The van der Waals surface area contributed by atoms with Crippen LogP contribution in [0.4, 0.5) is 5.82 Å². The van der Waals surface area contributed by atoms with Gasteiger partial charge in [0, 0.05) is 20.7 Å². The van der Waals surface area contributed by atoms with Crippen molar-refractivity contribution in [3.8, 4) is 5.75 Å². The third-order valence-electron chi connectivity index (χ3n) is 5.03. The second kappa shape index (κ2) is 9.26. The number of pyridine rings is 1. The first-order chi connectivity index (χ1) is 15.4. The van der Waals surface area contributed by atoms with E-state index in [4.69, 9.17) is 4.74 Å². The van der Waals surface area contributed by atoms with Gasteiger partial charge in [0.25, 0.3) is 5.78 Å². The molecule has 6 nitrogen and oxygen atoms in total. The van der Waals surface area contributed by atoms with Gasteiger partial charge >= 0.3 is 5.91 Å². The number of carbonyl (C=O) groups is 2. The van der Waals surface area contributed by atoms with Crippen molar-refractivity contribution < 1.29 is 19.4 Å².